The van der Waals surface area contributed by atoms with E-state index in [1.54, 1.807) is 0 Å². The van der Waals surface area contributed by atoms with E-state index < -0.39 is 0 Å². The van der Waals surface area contributed by atoms with E-state index in [1.807, 2.05) is 36.7 Å². The van der Waals surface area contributed by atoms with Gasteiger partial charge in [0.1, 0.15) is 5.82 Å². The van der Waals surface area contributed by atoms with Crippen molar-refractivity contribution in [2.45, 2.75) is 45.2 Å². The van der Waals surface area contributed by atoms with Crippen LogP contribution in [0.2, 0.25) is 0 Å². The summed E-state index contributed by atoms with van der Waals surface area (Å²) >= 11 is 0. The molecule has 0 spiro atoms. The van der Waals surface area contributed by atoms with Crippen molar-refractivity contribution in [3.8, 4) is 11.4 Å². The number of hydrogen-bond acceptors (Lipinski definition) is 4. The number of aromatic nitrogens is 3. The molecule has 1 aliphatic rings. The van der Waals surface area contributed by atoms with Gasteiger partial charge in [-0.2, -0.15) is 0 Å². The zero-order valence-electron chi connectivity index (χ0n) is 16.3. The predicted molar refractivity (Wildman–Crippen MR) is 111 cm³/mol. The minimum absolute atomic E-state index is 0.0295. The summed E-state index contributed by atoms with van der Waals surface area (Å²) in [5.74, 6) is 0.693. The summed E-state index contributed by atoms with van der Waals surface area (Å²) in [6.45, 7) is 1.62. The van der Waals surface area contributed by atoms with Crippen LogP contribution in [0.25, 0.3) is 11.4 Å². The standard InChI is InChI=1S/C23H26N4O/c1-27(15-17-11-13-24-14-12-17)16-18-7-5-6-8-19(18)22-25-21-10-4-2-3-9-20(21)23(28)26-22/h5-8,11-14H,2-4,9-10,15-16H2,1H3,(H,25,26,28). The summed E-state index contributed by atoms with van der Waals surface area (Å²) in [7, 11) is 2.10. The van der Waals surface area contributed by atoms with E-state index in [1.165, 1.54) is 12.0 Å². The van der Waals surface area contributed by atoms with Gasteiger partial charge in [0, 0.05) is 36.6 Å². The number of nitrogens with zero attached hydrogens (tertiary/aromatic N) is 3. The number of aryl methyl sites for hydroxylation is 1. The van der Waals surface area contributed by atoms with Crippen LogP contribution in [0.5, 0.6) is 0 Å². The normalized spacial score (nSPS) is 13.9. The highest BCUT2D eigenvalue weighted by atomic mass is 16.1. The molecule has 28 heavy (non-hydrogen) atoms. The Hall–Kier alpha value is -2.79. The van der Waals surface area contributed by atoms with Gasteiger partial charge in [-0.15, -0.1) is 0 Å². The molecule has 0 radical (unpaired) electrons. The van der Waals surface area contributed by atoms with Crippen LogP contribution in [0.4, 0.5) is 0 Å². The number of benzene rings is 1. The third-order valence-electron chi connectivity index (χ3n) is 5.36. The quantitative estimate of drug-likeness (QED) is 0.691. The maximum atomic E-state index is 12.7. The van der Waals surface area contributed by atoms with Crippen LogP contribution >= 0.6 is 0 Å². The van der Waals surface area contributed by atoms with Gasteiger partial charge >= 0.3 is 0 Å². The van der Waals surface area contributed by atoms with Gasteiger partial charge < -0.3 is 4.98 Å². The van der Waals surface area contributed by atoms with E-state index in [-0.39, 0.29) is 5.56 Å². The molecule has 5 heteroatoms. The van der Waals surface area contributed by atoms with Gasteiger partial charge in [0.15, 0.2) is 0 Å². The molecule has 0 aliphatic heterocycles. The highest BCUT2D eigenvalue weighted by Gasteiger charge is 2.17. The first-order valence-electron chi connectivity index (χ1n) is 9.98. The first kappa shape index (κ1) is 18.6. The molecule has 4 rings (SSSR count). The van der Waals surface area contributed by atoms with Gasteiger partial charge in [-0.25, -0.2) is 4.98 Å². The van der Waals surface area contributed by atoms with E-state index >= 15 is 0 Å². The number of hydrogen-bond donors (Lipinski definition) is 1. The third-order valence-corrected chi connectivity index (χ3v) is 5.36. The molecular weight excluding hydrogens is 348 g/mol. The Morgan fingerprint density at radius 2 is 1.79 bits per heavy atom. The van der Waals surface area contributed by atoms with Crippen molar-refractivity contribution in [1.29, 1.82) is 0 Å². The van der Waals surface area contributed by atoms with Crippen LogP contribution < -0.4 is 5.56 Å². The fourth-order valence-electron chi connectivity index (χ4n) is 3.94. The van der Waals surface area contributed by atoms with Crippen LogP contribution in [-0.2, 0) is 25.9 Å². The SMILES string of the molecule is CN(Cc1ccncc1)Cc1ccccc1-c1nc2c(c(=O)[nH]1)CCCCC2. The minimum atomic E-state index is 0.0295. The van der Waals surface area contributed by atoms with E-state index in [0.29, 0.717) is 5.82 Å². The summed E-state index contributed by atoms with van der Waals surface area (Å²) in [5.41, 5.74) is 5.29. The molecule has 2 aromatic heterocycles. The first-order valence-corrected chi connectivity index (χ1v) is 9.98. The van der Waals surface area contributed by atoms with Gasteiger partial charge in [0.25, 0.3) is 5.56 Å². The van der Waals surface area contributed by atoms with Crippen molar-refractivity contribution >= 4 is 0 Å². The first-order chi connectivity index (χ1) is 13.7. The van der Waals surface area contributed by atoms with Crippen LogP contribution in [0.15, 0.2) is 53.6 Å². The van der Waals surface area contributed by atoms with Crippen molar-refractivity contribution in [2.75, 3.05) is 7.05 Å². The Bertz CT molecular complexity index is 997. The molecule has 0 fully saturated rings. The second-order valence-corrected chi connectivity index (χ2v) is 7.59. The van der Waals surface area contributed by atoms with Gasteiger partial charge in [0.05, 0.1) is 5.69 Å². The topological polar surface area (TPSA) is 61.9 Å². The lowest BCUT2D eigenvalue weighted by Gasteiger charge is -2.19. The van der Waals surface area contributed by atoms with Crippen LogP contribution in [0, 0.1) is 0 Å². The fourth-order valence-corrected chi connectivity index (χ4v) is 3.94. The van der Waals surface area contributed by atoms with Gasteiger partial charge in [-0.3, -0.25) is 14.7 Å². The summed E-state index contributed by atoms with van der Waals surface area (Å²) in [6.07, 6.45) is 8.74. The number of nitrogens with one attached hydrogen (secondary N) is 1. The second-order valence-electron chi connectivity index (χ2n) is 7.59. The molecular formula is C23H26N4O. The molecule has 3 aromatic rings. The molecule has 0 atom stereocenters. The molecule has 1 aliphatic carbocycles. The van der Waals surface area contributed by atoms with E-state index in [9.17, 15) is 4.79 Å². The molecule has 2 heterocycles. The lowest BCUT2D eigenvalue weighted by Crippen LogP contribution is -2.20. The Kier molecular flexibility index (Phi) is 5.63. The third kappa shape index (κ3) is 4.20. The molecule has 0 amide bonds. The Morgan fingerprint density at radius 3 is 2.64 bits per heavy atom. The van der Waals surface area contributed by atoms with Crippen molar-refractivity contribution in [3.63, 3.8) is 0 Å². The highest BCUT2D eigenvalue weighted by molar-refractivity contribution is 5.60. The molecule has 1 N–H and O–H groups in total. The summed E-state index contributed by atoms with van der Waals surface area (Å²) in [5, 5.41) is 0. The van der Waals surface area contributed by atoms with Crippen molar-refractivity contribution in [3.05, 3.63) is 81.5 Å². The smallest absolute Gasteiger partial charge is 0.254 e. The number of H-pyrrole nitrogens is 1. The van der Waals surface area contributed by atoms with E-state index in [2.05, 4.69) is 34.0 Å². The molecule has 0 bridgehead atoms. The summed E-state index contributed by atoms with van der Waals surface area (Å²) in [6, 6.07) is 12.3. The number of fused-ring (bicyclic) bond motifs is 1. The highest BCUT2D eigenvalue weighted by Crippen LogP contribution is 2.24. The molecule has 0 saturated carbocycles. The fraction of sp³-hybridized carbons (Fsp3) is 0.348. The van der Waals surface area contributed by atoms with Crippen molar-refractivity contribution < 1.29 is 0 Å². The van der Waals surface area contributed by atoms with Crippen molar-refractivity contribution in [2.24, 2.45) is 0 Å². The van der Waals surface area contributed by atoms with Crippen LogP contribution in [-0.4, -0.2) is 26.9 Å². The molecule has 0 unspecified atom stereocenters. The number of rotatable bonds is 5. The van der Waals surface area contributed by atoms with Crippen LogP contribution in [0.3, 0.4) is 0 Å². The summed E-state index contributed by atoms with van der Waals surface area (Å²) in [4.78, 5) is 26.9. The summed E-state index contributed by atoms with van der Waals surface area (Å²) < 4.78 is 0. The molecule has 144 valence electrons. The van der Waals surface area contributed by atoms with Gasteiger partial charge in [0.2, 0.25) is 0 Å². The van der Waals surface area contributed by atoms with Gasteiger partial charge in [-0.05, 0) is 56.0 Å². The predicted octanol–water partition coefficient (Wildman–Crippen LogP) is 3.73. The van der Waals surface area contributed by atoms with E-state index in [4.69, 9.17) is 4.98 Å². The zero-order chi connectivity index (χ0) is 19.3. The Labute approximate surface area is 165 Å². The van der Waals surface area contributed by atoms with Crippen LogP contribution in [0.1, 0.15) is 41.6 Å². The molecule has 0 saturated heterocycles. The molecule has 1 aromatic carbocycles. The Morgan fingerprint density at radius 1 is 1.00 bits per heavy atom. The number of aromatic amines is 1. The minimum Gasteiger partial charge on any atom is -0.306 e. The van der Waals surface area contributed by atoms with Crippen molar-refractivity contribution in [1.82, 2.24) is 19.9 Å². The lowest BCUT2D eigenvalue weighted by molar-refractivity contribution is 0.319. The van der Waals surface area contributed by atoms with E-state index in [0.717, 1.165) is 61.2 Å². The monoisotopic (exact) mass is 374 g/mol. The zero-order valence-corrected chi connectivity index (χ0v) is 16.3. The average molecular weight is 374 g/mol. The average Bonchev–Trinajstić information content (AvgIpc) is 2.95. The maximum Gasteiger partial charge on any atom is 0.254 e. The largest absolute Gasteiger partial charge is 0.306 e. The van der Waals surface area contributed by atoms with Gasteiger partial charge in [-0.1, -0.05) is 30.7 Å². The second kappa shape index (κ2) is 8.48. The lowest BCUT2D eigenvalue weighted by atomic mass is 10.0. The molecule has 5 nitrogen and oxygen atoms in total. The number of pyridine rings is 1. The maximum absolute atomic E-state index is 12.7. The Balaban J connectivity index is 1.62.